The molecule has 0 aliphatic heterocycles. The van der Waals surface area contributed by atoms with Crippen molar-refractivity contribution in [3.05, 3.63) is 55.9 Å². The lowest BCUT2D eigenvalue weighted by atomic mass is 10.1. The molecule has 0 aliphatic carbocycles. The molecule has 3 aromatic rings. The molecule has 28 heavy (non-hydrogen) atoms. The molecule has 146 valence electrons. The Labute approximate surface area is 169 Å². The van der Waals surface area contributed by atoms with Gasteiger partial charge in [-0.2, -0.15) is 0 Å². The van der Waals surface area contributed by atoms with Crippen molar-refractivity contribution >= 4 is 50.7 Å². The number of carbonyl (C=O) groups excluding carboxylic acids is 1. The van der Waals surface area contributed by atoms with Crippen molar-refractivity contribution in [1.82, 2.24) is 9.55 Å². The number of carboxylic acids is 1. The number of carboxylic acid groups (broad SMARTS) is 1. The third-order valence-electron chi connectivity index (χ3n) is 4.31. The molecule has 0 saturated heterocycles. The Morgan fingerprint density at radius 1 is 1.36 bits per heavy atom. The molecule has 1 aromatic carbocycles. The van der Waals surface area contributed by atoms with E-state index in [1.807, 2.05) is 13.8 Å². The topological polar surface area (TPSA) is 101 Å². The monoisotopic (exact) mass is 419 g/mol. The molecule has 2 N–H and O–H groups in total. The summed E-state index contributed by atoms with van der Waals surface area (Å²) in [6.45, 7) is 5.21. The number of hydrogen-bond acceptors (Lipinski definition) is 5. The van der Waals surface area contributed by atoms with Crippen LogP contribution in [0.2, 0.25) is 5.02 Å². The van der Waals surface area contributed by atoms with Crippen molar-refractivity contribution in [2.24, 2.45) is 0 Å². The second kappa shape index (κ2) is 7.73. The number of benzene rings is 1. The third-order valence-corrected chi connectivity index (χ3v) is 5.60. The predicted octanol–water partition coefficient (Wildman–Crippen LogP) is 3.88. The fourth-order valence-corrected chi connectivity index (χ4v) is 3.95. The largest absolute Gasteiger partial charge is 0.478 e. The number of thiophene rings is 1. The number of fused-ring (bicyclic) bond motifs is 1. The van der Waals surface area contributed by atoms with E-state index in [0.29, 0.717) is 26.9 Å². The van der Waals surface area contributed by atoms with E-state index in [1.165, 1.54) is 9.95 Å². The zero-order valence-corrected chi connectivity index (χ0v) is 17.0. The summed E-state index contributed by atoms with van der Waals surface area (Å²) in [5.74, 6) is -1.34. The summed E-state index contributed by atoms with van der Waals surface area (Å²) in [6, 6.07) is 5.15. The van der Waals surface area contributed by atoms with Gasteiger partial charge in [-0.25, -0.2) is 9.78 Å². The van der Waals surface area contributed by atoms with Crippen LogP contribution >= 0.6 is 22.9 Å². The molecule has 0 radical (unpaired) electrons. The van der Waals surface area contributed by atoms with Crippen molar-refractivity contribution in [2.45, 2.75) is 33.2 Å². The van der Waals surface area contributed by atoms with Gasteiger partial charge in [0.1, 0.15) is 17.2 Å². The van der Waals surface area contributed by atoms with E-state index < -0.39 is 17.4 Å². The van der Waals surface area contributed by atoms with Gasteiger partial charge < -0.3 is 10.4 Å². The highest BCUT2D eigenvalue weighted by Crippen LogP contribution is 2.25. The van der Waals surface area contributed by atoms with Crippen LogP contribution in [0.5, 0.6) is 0 Å². The molecule has 2 aromatic heterocycles. The molecule has 7 nitrogen and oxygen atoms in total. The second-order valence-corrected chi connectivity index (χ2v) is 7.88. The number of aromatic nitrogens is 2. The van der Waals surface area contributed by atoms with Crippen molar-refractivity contribution in [3.63, 3.8) is 0 Å². The van der Waals surface area contributed by atoms with Crippen molar-refractivity contribution < 1.29 is 14.7 Å². The minimum absolute atomic E-state index is 0.0219. The van der Waals surface area contributed by atoms with E-state index in [2.05, 4.69) is 10.3 Å². The second-order valence-electron chi connectivity index (χ2n) is 6.61. The molecule has 0 atom stereocenters. The molecule has 2 heterocycles. The van der Waals surface area contributed by atoms with Crippen LogP contribution in [0.25, 0.3) is 10.2 Å². The maximum atomic E-state index is 13.0. The minimum atomic E-state index is -1.20. The van der Waals surface area contributed by atoms with Gasteiger partial charge in [0.25, 0.3) is 5.56 Å². The van der Waals surface area contributed by atoms with Crippen molar-refractivity contribution in [2.75, 3.05) is 5.32 Å². The highest BCUT2D eigenvalue weighted by molar-refractivity contribution is 7.17. The van der Waals surface area contributed by atoms with Gasteiger partial charge in [-0.3, -0.25) is 14.2 Å². The maximum Gasteiger partial charge on any atom is 0.337 e. The first-order valence-electron chi connectivity index (χ1n) is 8.51. The number of nitrogens with zero attached hydrogens (tertiary/aromatic N) is 2. The Morgan fingerprint density at radius 2 is 2.07 bits per heavy atom. The van der Waals surface area contributed by atoms with Gasteiger partial charge in [-0.05, 0) is 24.6 Å². The van der Waals surface area contributed by atoms with Gasteiger partial charge in [0.2, 0.25) is 5.91 Å². The van der Waals surface area contributed by atoms with E-state index in [0.717, 1.165) is 11.3 Å². The number of halogens is 1. The van der Waals surface area contributed by atoms with Gasteiger partial charge in [-0.1, -0.05) is 31.5 Å². The molecule has 1 amide bonds. The summed E-state index contributed by atoms with van der Waals surface area (Å²) >= 11 is 7.18. The zero-order chi connectivity index (χ0) is 20.6. The average molecular weight is 420 g/mol. The minimum Gasteiger partial charge on any atom is -0.478 e. The Balaban J connectivity index is 2.04. The van der Waals surface area contributed by atoms with Crippen LogP contribution in [0.1, 0.15) is 41.5 Å². The fourth-order valence-electron chi connectivity index (χ4n) is 2.87. The molecule has 0 saturated carbocycles. The number of aromatic carboxylic acids is 1. The normalized spacial score (nSPS) is 11.2. The van der Waals surface area contributed by atoms with E-state index in [9.17, 15) is 19.5 Å². The van der Waals surface area contributed by atoms with E-state index in [-0.39, 0.29) is 23.4 Å². The summed E-state index contributed by atoms with van der Waals surface area (Å²) in [6.07, 6.45) is 0. The number of carbonyl (C=O) groups is 2. The summed E-state index contributed by atoms with van der Waals surface area (Å²) in [4.78, 5) is 41.9. The van der Waals surface area contributed by atoms with Crippen LogP contribution in [0.4, 0.5) is 5.69 Å². The first kappa shape index (κ1) is 20.0. The zero-order valence-electron chi connectivity index (χ0n) is 15.4. The lowest BCUT2D eigenvalue weighted by Gasteiger charge is -2.15. The first-order valence-corrected chi connectivity index (χ1v) is 9.76. The molecule has 0 fully saturated rings. The maximum absolute atomic E-state index is 13.0. The van der Waals surface area contributed by atoms with Gasteiger partial charge in [-0.15, -0.1) is 11.3 Å². The number of anilines is 1. The molecule has 3 rings (SSSR count). The summed E-state index contributed by atoms with van der Waals surface area (Å²) < 4.78 is 1.24. The smallest absolute Gasteiger partial charge is 0.337 e. The number of nitrogens with one attached hydrogen (secondary N) is 1. The fraction of sp³-hybridized carbons (Fsp3) is 0.263. The molecular weight excluding hydrogens is 402 g/mol. The van der Waals surface area contributed by atoms with Gasteiger partial charge >= 0.3 is 5.97 Å². The third kappa shape index (κ3) is 3.65. The average Bonchev–Trinajstić information content (AvgIpc) is 3.05. The van der Waals surface area contributed by atoms with E-state index in [4.69, 9.17) is 11.6 Å². The van der Waals surface area contributed by atoms with Gasteiger partial charge in [0.15, 0.2) is 0 Å². The summed E-state index contributed by atoms with van der Waals surface area (Å²) in [5.41, 5.74) is 0.624. The van der Waals surface area contributed by atoms with Gasteiger partial charge in [0.05, 0.1) is 10.9 Å². The molecule has 0 unspecified atom stereocenters. The summed E-state index contributed by atoms with van der Waals surface area (Å²) in [7, 11) is 0. The number of hydrogen-bond donors (Lipinski definition) is 2. The lowest BCUT2D eigenvalue weighted by Crippen LogP contribution is -2.32. The lowest BCUT2D eigenvalue weighted by molar-refractivity contribution is -0.116. The van der Waals surface area contributed by atoms with E-state index in [1.54, 1.807) is 25.1 Å². The van der Waals surface area contributed by atoms with Crippen molar-refractivity contribution in [1.29, 1.82) is 0 Å². The molecule has 0 bridgehead atoms. The Bertz CT molecular complexity index is 1150. The number of amides is 1. The SMILES string of the molecule is Cc1c(Cl)cccc1NC(=O)Cn1c(C(C)C)nc2scc(C(=O)O)c2c1=O. The molecular formula is C19H18ClN3O4S. The van der Waals surface area contributed by atoms with Crippen molar-refractivity contribution in [3.8, 4) is 0 Å². The Morgan fingerprint density at radius 3 is 2.71 bits per heavy atom. The molecule has 0 spiro atoms. The van der Waals surface area contributed by atoms with Crippen LogP contribution in [-0.4, -0.2) is 26.5 Å². The number of rotatable bonds is 5. The standard InChI is InChI=1S/C19H18ClN3O4S/c1-9(2)16-22-17-15(11(8-28-17)19(26)27)18(25)23(16)7-14(24)21-13-6-4-5-12(20)10(13)3/h4-6,8-9H,7H2,1-3H3,(H,21,24)(H,26,27). The predicted molar refractivity (Wildman–Crippen MR) is 110 cm³/mol. The van der Waals surface area contributed by atoms with E-state index >= 15 is 0 Å². The first-order chi connectivity index (χ1) is 13.2. The van der Waals surface area contributed by atoms with Crippen LogP contribution < -0.4 is 10.9 Å². The molecule has 0 aliphatic rings. The highest BCUT2D eigenvalue weighted by Gasteiger charge is 2.22. The van der Waals surface area contributed by atoms with Crippen LogP contribution in [0.15, 0.2) is 28.4 Å². The Hall–Kier alpha value is -2.71. The Kier molecular flexibility index (Phi) is 5.53. The van der Waals surface area contributed by atoms with Crippen LogP contribution in [0.3, 0.4) is 0 Å². The molecule has 9 heteroatoms. The van der Waals surface area contributed by atoms with Gasteiger partial charge in [0, 0.05) is 22.0 Å². The quantitative estimate of drug-likeness (QED) is 0.653. The van der Waals surface area contributed by atoms with Crippen LogP contribution in [0, 0.1) is 6.92 Å². The highest BCUT2D eigenvalue weighted by atomic mass is 35.5. The summed E-state index contributed by atoms with van der Waals surface area (Å²) in [5, 5.41) is 14.0. The van der Waals surface area contributed by atoms with Crippen LogP contribution in [-0.2, 0) is 11.3 Å².